The van der Waals surface area contributed by atoms with Crippen LogP contribution in [0.1, 0.15) is 16.7 Å². The summed E-state index contributed by atoms with van der Waals surface area (Å²) in [7, 11) is 3.23. The first-order chi connectivity index (χ1) is 14.7. The number of halogens is 1. The van der Waals surface area contributed by atoms with Crippen molar-refractivity contribution in [1.29, 1.82) is 0 Å². The molecule has 0 heterocycles. The summed E-state index contributed by atoms with van der Waals surface area (Å²) in [5, 5.41) is 3.12. The molecule has 0 unspecified atom stereocenters. The standard InChI is InChI=1S/C24H27N3O3.HI/c1-28-22-12-11-20(14-23(22)29-2)16-27-24(25)26-15-19-9-6-10-21(13-19)30-17-18-7-4-3-5-8-18;/h3-14H,15-17H2,1-2H3,(H3,25,26,27);1H. The van der Waals surface area contributed by atoms with Gasteiger partial charge in [-0.25, -0.2) is 4.99 Å². The maximum absolute atomic E-state index is 6.02. The van der Waals surface area contributed by atoms with Crippen molar-refractivity contribution in [3.63, 3.8) is 0 Å². The molecule has 0 aliphatic rings. The molecule has 3 aromatic rings. The van der Waals surface area contributed by atoms with Crippen LogP contribution in [0.4, 0.5) is 0 Å². The molecule has 6 nitrogen and oxygen atoms in total. The topological polar surface area (TPSA) is 78.1 Å². The molecule has 0 aliphatic heterocycles. The van der Waals surface area contributed by atoms with Crippen LogP contribution in [-0.2, 0) is 19.7 Å². The highest BCUT2D eigenvalue weighted by Crippen LogP contribution is 2.27. The predicted octanol–water partition coefficient (Wildman–Crippen LogP) is 4.51. The minimum atomic E-state index is 0. The lowest BCUT2D eigenvalue weighted by Crippen LogP contribution is -2.31. The third kappa shape index (κ3) is 7.67. The van der Waals surface area contributed by atoms with E-state index < -0.39 is 0 Å². The van der Waals surface area contributed by atoms with Gasteiger partial charge in [0.25, 0.3) is 0 Å². The van der Waals surface area contributed by atoms with Gasteiger partial charge < -0.3 is 25.3 Å². The van der Waals surface area contributed by atoms with Crippen molar-refractivity contribution in [2.75, 3.05) is 14.2 Å². The second-order valence-electron chi connectivity index (χ2n) is 6.67. The Balaban J connectivity index is 0.00000341. The number of hydrogen-bond acceptors (Lipinski definition) is 4. The maximum Gasteiger partial charge on any atom is 0.189 e. The molecule has 3 N–H and O–H groups in total. The molecule has 0 fully saturated rings. The average Bonchev–Trinajstić information content (AvgIpc) is 2.80. The van der Waals surface area contributed by atoms with E-state index in [1.165, 1.54) is 0 Å². The number of ether oxygens (including phenoxy) is 3. The molecule has 0 atom stereocenters. The predicted molar refractivity (Wildman–Crippen MR) is 134 cm³/mol. The second-order valence-corrected chi connectivity index (χ2v) is 6.67. The molecule has 3 aromatic carbocycles. The van der Waals surface area contributed by atoms with Gasteiger partial charge in [0.1, 0.15) is 12.4 Å². The molecule has 0 saturated carbocycles. The van der Waals surface area contributed by atoms with E-state index in [0.29, 0.717) is 37.2 Å². The first kappa shape index (κ1) is 24.3. The van der Waals surface area contributed by atoms with E-state index in [2.05, 4.69) is 10.3 Å². The fourth-order valence-electron chi connectivity index (χ4n) is 2.89. The van der Waals surface area contributed by atoms with Gasteiger partial charge in [0.05, 0.1) is 20.8 Å². The lowest BCUT2D eigenvalue weighted by molar-refractivity contribution is 0.306. The molecule has 3 rings (SSSR count). The molecule has 164 valence electrons. The minimum absolute atomic E-state index is 0. The lowest BCUT2D eigenvalue weighted by atomic mass is 10.2. The molecule has 0 aliphatic carbocycles. The fourth-order valence-corrected chi connectivity index (χ4v) is 2.89. The number of methoxy groups -OCH3 is 2. The molecular formula is C24H28IN3O3. The lowest BCUT2D eigenvalue weighted by Gasteiger charge is -2.11. The van der Waals surface area contributed by atoms with Crippen LogP contribution in [0.3, 0.4) is 0 Å². The molecule has 0 radical (unpaired) electrons. The zero-order valence-electron chi connectivity index (χ0n) is 17.7. The highest BCUT2D eigenvalue weighted by atomic mass is 127. The first-order valence-corrected chi connectivity index (χ1v) is 9.68. The van der Waals surface area contributed by atoms with Gasteiger partial charge in [-0.3, -0.25) is 0 Å². The Morgan fingerprint density at radius 2 is 1.58 bits per heavy atom. The molecule has 7 heteroatoms. The van der Waals surface area contributed by atoms with Gasteiger partial charge in [0.2, 0.25) is 0 Å². The number of benzene rings is 3. The van der Waals surface area contributed by atoms with Crippen LogP contribution in [0.2, 0.25) is 0 Å². The molecule has 0 amide bonds. The van der Waals surface area contributed by atoms with Crippen LogP contribution >= 0.6 is 24.0 Å². The van der Waals surface area contributed by atoms with Gasteiger partial charge in [0.15, 0.2) is 17.5 Å². The van der Waals surface area contributed by atoms with E-state index in [1.54, 1.807) is 14.2 Å². The van der Waals surface area contributed by atoms with Gasteiger partial charge in [-0.05, 0) is 41.0 Å². The summed E-state index contributed by atoms with van der Waals surface area (Å²) in [6.07, 6.45) is 0. The van der Waals surface area contributed by atoms with Crippen LogP contribution < -0.4 is 25.3 Å². The molecular weight excluding hydrogens is 505 g/mol. The Morgan fingerprint density at radius 3 is 2.32 bits per heavy atom. The van der Waals surface area contributed by atoms with E-state index in [4.69, 9.17) is 19.9 Å². The Morgan fingerprint density at radius 1 is 0.839 bits per heavy atom. The van der Waals surface area contributed by atoms with E-state index in [-0.39, 0.29) is 24.0 Å². The molecule has 31 heavy (non-hydrogen) atoms. The summed E-state index contributed by atoms with van der Waals surface area (Å²) in [5.41, 5.74) is 9.19. The highest BCUT2D eigenvalue weighted by molar-refractivity contribution is 14.0. The van der Waals surface area contributed by atoms with Crippen molar-refractivity contribution in [1.82, 2.24) is 5.32 Å². The monoisotopic (exact) mass is 533 g/mol. The number of guanidine groups is 1. The molecule has 0 aromatic heterocycles. The molecule has 0 saturated heterocycles. The van der Waals surface area contributed by atoms with Crippen molar-refractivity contribution in [3.8, 4) is 17.2 Å². The summed E-state index contributed by atoms with van der Waals surface area (Å²) in [6.45, 7) is 1.53. The van der Waals surface area contributed by atoms with Crippen LogP contribution in [0.5, 0.6) is 17.2 Å². The van der Waals surface area contributed by atoms with Crippen LogP contribution in [0.25, 0.3) is 0 Å². The zero-order chi connectivity index (χ0) is 21.2. The summed E-state index contributed by atoms with van der Waals surface area (Å²) in [5.74, 6) is 2.56. The van der Waals surface area contributed by atoms with Gasteiger partial charge in [-0.1, -0.05) is 48.5 Å². The molecule has 0 bridgehead atoms. The third-order valence-electron chi connectivity index (χ3n) is 4.50. The van der Waals surface area contributed by atoms with Crippen LogP contribution in [0, 0.1) is 0 Å². The Kier molecular flexibility index (Phi) is 9.96. The number of nitrogens with one attached hydrogen (secondary N) is 1. The quantitative estimate of drug-likeness (QED) is 0.241. The van der Waals surface area contributed by atoms with Crippen molar-refractivity contribution in [2.45, 2.75) is 19.7 Å². The number of nitrogens with zero attached hydrogens (tertiary/aromatic N) is 1. The fraction of sp³-hybridized carbons (Fsp3) is 0.208. The van der Waals surface area contributed by atoms with Crippen molar-refractivity contribution < 1.29 is 14.2 Å². The Labute approximate surface area is 200 Å². The second kappa shape index (κ2) is 12.7. The average molecular weight is 533 g/mol. The van der Waals surface area contributed by atoms with Gasteiger partial charge in [0, 0.05) is 6.54 Å². The number of rotatable bonds is 9. The normalized spacial score (nSPS) is 10.7. The van der Waals surface area contributed by atoms with Crippen molar-refractivity contribution in [2.24, 2.45) is 10.7 Å². The van der Waals surface area contributed by atoms with Gasteiger partial charge >= 0.3 is 0 Å². The highest BCUT2D eigenvalue weighted by Gasteiger charge is 2.05. The third-order valence-corrected chi connectivity index (χ3v) is 4.50. The van der Waals surface area contributed by atoms with Crippen LogP contribution in [0.15, 0.2) is 77.8 Å². The Hall–Kier alpha value is -2.94. The van der Waals surface area contributed by atoms with E-state index in [0.717, 1.165) is 22.4 Å². The largest absolute Gasteiger partial charge is 0.493 e. The van der Waals surface area contributed by atoms with E-state index in [1.807, 2.05) is 72.8 Å². The van der Waals surface area contributed by atoms with E-state index in [9.17, 15) is 0 Å². The number of hydrogen-bond donors (Lipinski definition) is 2. The van der Waals surface area contributed by atoms with Gasteiger partial charge in [-0.15, -0.1) is 24.0 Å². The minimum Gasteiger partial charge on any atom is -0.493 e. The molecule has 0 spiro atoms. The number of nitrogens with two attached hydrogens (primary N) is 1. The maximum atomic E-state index is 6.02. The van der Waals surface area contributed by atoms with Gasteiger partial charge in [-0.2, -0.15) is 0 Å². The van der Waals surface area contributed by atoms with Crippen molar-refractivity contribution >= 4 is 29.9 Å². The summed E-state index contributed by atoms with van der Waals surface area (Å²) in [6, 6.07) is 23.7. The summed E-state index contributed by atoms with van der Waals surface area (Å²) in [4.78, 5) is 4.42. The van der Waals surface area contributed by atoms with Crippen molar-refractivity contribution in [3.05, 3.63) is 89.5 Å². The smallest absolute Gasteiger partial charge is 0.189 e. The first-order valence-electron chi connectivity index (χ1n) is 9.68. The zero-order valence-corrected chi connectivity index (χ0v) is 20.0. The number of aliphatic imine (C=N–C) groups is 1. The SMILES string of the molecule is COc1ccc(CNC(N)=NCc2cccc(OCc3ccccc3)c2)cc1OC.I. The summed E-state index contributed by atoms with van der Waals surface area (Å²) < 4.78 is 16.4. The van der Waals surface area contributed by atoms with E-state index >= 15 is 0 Å². The Bertz CT molecular complexity index is 981. The van der Waals surface area contributed by atoms with Crippen LogP contribution in [-0.4, -0.2) is 20.2 Å². The summed E-state index contributed by atoms with van der Waals surface area (Å²) >= 11 is 0.